The van der Waals surface area contributed by atoms with E-state index >= 15 is 0 Å². The number of methoxy groups -OCH3 is 1. The highest BCUT2D eigenvalue weighted by Crippen LogP contribution is 2.31. The normalized spacial score (nSPS) is 17.2. The molecule has 1 aliphatic rings. The van der Waals surface area contributed by atoms with Crippen LogP contribution in [-0.2, 0) is 4.74 Å². The molecule has 1 heterocycles. The molecule has 1 aromatic rings. The first kappa shape index (κ1) is 19.3. The van der Waals surface area contributed by atoms with E-state index in [2.05, 4.69) is 4.90 Å². The van der Waals surface area contributed by atoms with E-state index in [1.807, 2.05) is 32.9 Å². The number of carbonyl (C=O) groups excluding carboxylic acids is 1. The van der Waals surface area contributed by atoms with Crippen molar-refractivity contribution in [1.29, 1.82) is 0 Å². The molecule has 1 fully saturated rings. The molecule has 0 saturated carbocycles. The van der Waals surface area contributed by atoms with Gasteiger partial charge >= 0.3 is 6.09 Å². The first-order valence-corrected chi connectivity index (χ1v) is 8.54. The Morgan fingerprint density at radius 1 is 1.28 bits per heavy atom. The van der Waals surface area contributed by atoms with Crippen molar-refractivity contribution in [2.24, 2.45) is 5.73 Å². The van der Waals surface area contributed by atoms with Gasteiger partial charge in [0.15, 0.2) is 11.5 Å². The maximum atomic E-state index is 12.2. The Kier molecular flexibility index (Phi) is 6.13. The van der Waals surface area contributed by atoms with E-state index < -0.39 is 5.60 Å². The molecule has 1 aromatic carbocycles. The summed E-state index contributed by atoms with van der Waals surface area (Å²) in [5, 5.41) is 9.76. The van der Waals surface area contributed by atoms with Crippen molar-refractivity contribution < 1.29 is 19.4 Å². The van der Waals surface area contributed by atoms with Crippen LogP contribution in [0.4, 0.5) is 4.79 Å². The summed E-state index contributed by atoms with van der Waals surface area (Å²) in [6, 6.07) is 5.30. The molecule has 2 rings (SSSR count). The number of hydrogen-bond acceptors (Lipinski definition) is 6. The molecule has 7 nitrogen and oxygen atoms in total. The number of piperazine rings is 1. The third kappa shape index (κ3) is 4.99. The molecular formula is C18H29N3O4. The first-order chi connectivity index (χ1) is 11.7. The Morgan fingerprint density at radius 2 is 1.92 bits per heavy atom. The number of nitrogens with zero attached hydrogens (tertiary/aromatic N) is 2. The lowest BCUT2D eigenvalue weighted by atomic mass is 10.0. The van der Waals surface area contributed by atoms with Gasteiger partial charge in [0, 0.05) is 38.8 Å². The van der Waals surface area contributed by atoms with Gasteiger partial charge < -0.3 is 25.2 Å². The molecule has 0 radical (unpaired) electrons. The van der Waals surface area contributed by atoms with E-state index in [1.54, 1.807) is 11.0 Å². The van der Waals surface area contributed by atoms with Crippen molar-refractivity contribution in [3.8, 4) is 11.5 Å². The Bertz CT molecular complexity index is 592. The summed E-state index contributed by atoms with van der Waals surface area (Å²) in [7, 11) is 1.52. The molecule has 1 unspecified atom stereocenters. The molecule has 25 heavy (non-hydrogen) atoms. The third-order valence-corrected chi connectivity index (χ3v) is 4.22. The van der Waals surface area contributed by atoms with E-state index in [9.17, 15) is 9.90 Å². The first-order valence-electron chi connectivity index (χ1n) is 8.54. The number of rotatable bonds is 4. The smallest absolute Gasteiger partial charge is 0.410 e. The summed E-state index contributed by atoms with van der Waals surface area (Å²) in [6.07, 6.45) is -0.275. The molecule has 1 amide bonds. The number of benzene rings is 1. The zero-order chi connectivity index (χ0) is 18.6. The fourth-order valence-electron chi connectivity index (χ4n) is 2.94. The lowest BCUT2D eigenvalue weighted by molar-refractivity contribution is 0.0106. The average Bonchev–Trinajstić information content (AvgIpc) is 2.56. The predicted octanol–water partition coefficient (Wildman–Crippen LogP) is 1.95. The van der Waals surface area contributed by atoms with Crippen LogP contribution in [0.5, 0.6) is 11.5 Å². The second kappa shape index (κ2) is 7.93. The quantitative estimate of drug-likeness (QED) is 0.862. The highest BCUT2D eigenvalue weighted by molar-refractivity contribution is 5.68. The van der Waals surface area contributed by atoms with Crippen LogP contribution in [0, 0.1) is 0 Å². The number of hydrogen-bond donors (Lipinski definition) is 2. The van der Waals surface area contributed by atoms with Gasteiger partial charge in [-0.3, -0.25) is 4.90 Å². The zero-order valence-corrected chi connectivity index (χ0v) is 15.5. The molecule has 7 heteroatoms. The molecule has 1 saturated heterocycles. The topological polar surface area (TPSA) is 88.3 Å². The summed E-state index contributed by atoms with van der Waals surface area (Å²) in [5.41, 5.74) is 6.49. The van der Waals surface area contributed by atoms with Crippen molar-refractivity contribution in [3.63, 3.8) is 0 Å². The van der Waals surface area contributed by atoms with E-state index in [4.69, 9.17) is 15.2 Å². The molecule has 140 valence electrons. The molecule has 1 atom stereocenters. The summed E-state index contributed by atoms with van der Waals surface area (Å²) < 4.78 is 10.6. The van der Waals surface area contributed by atoms with Gasteiger partial charge in [-0.05, 0) is 38.5 Å². The number of amides is 1. The Balaban J connectivity index is 2.01. The fourth-order valence-corrected chi connectivity index (χ4v) is 2.94. The van der Waals surface area contributed by atoms with Crippen LogP contribution in [0.1, 0.15) is 32.4 Å². The van der Waals surface area contributed by atoms with E-state index in [0.717, 1.165) is 5.56 Å². The molecule has 0 aromatic heterocycles. The minimum Gasteiger partial charge on any atom is -0.504 e. The second-order valence-electron chi connectivity index (χ2n) is 7.19. The number of nitrogens with two attached hydrogens (primary N) is 1. The monoisotopic (exact) mass is 351 g/mol. The second-order valence-corrected chi connectivity index (χ2v) is 7.19. The van der Waals surface area contributed by atoms with Crippen LogP contribution >= 0.6 is 0 Å². The lowest BCUT2D eigenvalue weighted by Gasteiger charge is -2.39. The van der Waals surface area contributed by atoms with Crippen LogP contribution in [0.15, 0.2) is 18.2 Å². The summed E-state index contributed by atoms with van der Waals surface area (Å²) in [6.45, 7) is 8.66. The van der Waals surface area contributed by atoms with Crippen molar-refractivity contribution in [2.45, 2.75) is 32.4 Å². The average molecular weight is 351 g/mol. The van der Waals surface area contributed by atoms with E-state index in [-0.39, 0.29) is 17.9 Å². The number of phenolic OH excluding ortho intramolecular Hbond substituents is 1. The Hall–Kier alpha value is -1.99. The van der Waals surface area contributed by atoms with Crippen LogP contribution in [-0.4, -0.2) is 66.4 Å². The Morgan fingerprint density at radius 3 is 2.44 bits per heavy atom. The number of aromatic hydroxyl groups is 1. The van der Waals surface area contributed by atoms with Crippen LogP contribution < -0.4 is 10.5 Å². The van der Waals surface area contributed by atoms with Crippen LogP contribution in [0.25, 0.3) is 0 Å². The van der Waals surface area contributed by atoms with Crippen molar-refractivity contribution in [1.82, 2.24) is 9.80 Å². The number of carbonyl (C=O) groups is 1. The van der Waals surface area contributed by atoms with Gasteiger partial charge in [-0.1, -0.05) is 6.07 Å². The molecule has 3 N–H and O–H groups in total. The number of phenols is 1. The standard InChI is InChI=1S/C18H29N3O4/c1-18(2,3)25-17(23)21-9-7-20(8-10-21)14(12-19)13-5-6-15(22)16(11-13)24-4/h5-6,11,14,22H,7-10,12,19H2,1-4H3. The highest BCUT2D eigenvalue weighted by atomic mass is 16.6. The molecule has 0 spiro atoms. The van der Waals surface area contributed by atoms with Gasteiger partial charge in [0.05, 0.1) is 7.11 Å². The van der Waals surface area contributed by atoms with E-state index in [1.165, 1.54) is 7.11 Å². The van der Waals surface area contributed by atoms with Crippen molar-refractivity contribution >= 4 is 6.09 Å². The predicted molar refractivity (Wildman–Crippen MR) is 95.8 cm³/mol. The maximum absolute atomic E-state index is 12.2. The summed E-state index contributed by atoms with van der Waals surface area (Å²) in [4.78, 5) is 16.1. The Labute approximate surface area is 149 Å². The van der Waals surface area contributed by atoms with Gasteiger partial charge in [0.2, 0.25) is 0 Å². The van der Waals surface area contributed by atoms with Gasteiger partial charge in [0.25, 0.3) is 0 Å². The summed E-state index contributed by atoms with van der Waals surface area (Å²) >= 11 is 0. The largest absolute Gasteiger partial charge is 0.504 e. The molecule has 0 aliphatic carbocycles. The highest BCUT2D eigenvalue weighted by Gasteiger charge is 2.29. The van der Waals surface area contributed by atoms with Crippen molar-refractivity contribution in [2.75, 3.05) is 39.8 Å². The molecule has 1 aliphatic heterocycles. The fraction of sp³-hybridized carbons (Fsp3) is 0.611. The van der Waals surface area contributed by atoms with Crippen molar-refractivity contribution in [3.05, 3.63) is 23.8 Å². The SMILES string of the molecule is COc1cc(C(CN)N2CCN(C(=O)OC(C)(C)C)CC2)ccc1O. The van der Waals surface area contributed by atoms with Gasteiger partial charge in [0.1, 0.15) is 5.60 Å². The minimum atomic E-state index is -0.489. The third-order valence-electron chi connectivity index (χ3n) is 4.22. The van der Waals surface area contributed by atoms with Crippen LogP contribution in [0.3, 0.4) is 0 Å². The number of ether oxygens (including phenoxy) is 2. The zero-order valence-electron chi connectivity index (χ0n) is 15.5. The molecule has 0 bridgehead atoms. The maximum Gasteiger partial charge on any atom is 0.410 e. The molecular weight excluding hydrogens is 322 g/mol. The lowest BCUT2D eigenvalue weighted by Crippen LogP contribution is -2.51. The van der Waals surface area contributed by atoms with Gasteiger partial charge in [-0.15, -0.1) is 0 Å². The van der Waals surface area contributed by atoms with Crippen LogP contribution in [0.2, 0.25) is 0 Å². The van der Waals surface area contributed by atoms with E-state index in [0.29, 0.717) is 38.5 Å². The summed E-state index contributed by atoms with van der Waals surface area (Å²) in [5.74, 6) is 0.542. The van der Waals surface area contributed by atoms with Gasteiger partial charge in [-0.2, -0.15) is 0 Å². The van der Waals surface area contributed by atoms with Gasteiger partial charge in [-0.25, -0.2) is 4.79 Å². The minimum absolute atomic E-state index is 0.00952.